The molecule has 0 bridgehead atoms. The molecule has 0 spiro atoms. The van der Waals surface area contributed by atoms with Crippen molar-refractivity contribution < 1.29 is 27.6 Å². The SMILES string of the molecule is CCS(=O)(=O)c1ccc(C(=O)c2c(C(=O)O)noc2C2CC2)c(Cl)c1. The quantitative estimate of drug-likeness (QED) is 0.762. The lowest BCUT2D eigenvalue weighted by Crippen LogP contribution is -2.11. The zero-order valence-corrected chi connectivity index (χ0v) is 14.7. The maximum atomic E-state index is 12.8. The molecule has 9 heteroatoms. The third-order valence-corrected chi connectivity index (χ3v) is 6.07. The van der Waals surface area contributed by atoms with Gasteiger partial charge in [-0.25, -0.2) is 13.2 Å². The molecular weight excluding hydrogens is 370 g/mol. The Balaban J connectivity index is 2.08. The zero-order valence-electron chi connectivity index (χ0n) is 13.2. The van der Waals surface area contributed by atoms with Crippen molar-refractivity contribution in [1.29, 1.82) is 0 Å². The first-order chi connectivity index (χ1) is 11.8. The van der Waals surface area contributed by atoms with Gasteiger partial charge in [0.15, 0.2) is 15.6 Å². The van der Waals surface area contributed by atoms with E-state index in [1.54, 1.807) is 0 Å². The van der Waals surface area contributed by atoms with Crippen LogP contribution in [0.3, 0.4) is 0 Å². The number of carbonyl (C=O) groups is 2. The first-order valence-corrected chi connectivity index (χ1v) is 9.59. The Bertz CT molecular complexity index is 975. The largest absolute Gasteiger partial charge is 0.476 e. The predicted molar refractivity (Wildman–Crippen MR) is 88.0 cm³/mol. The molecule has 1 fully saturated rings. The van der Waals surface area contributed by atoms with Crippen LogP contribution in [0.4, 0.5) is 0 Å². The molecule has 1 aromatic carbocycles. The molecule has 0 radical (unpaired) electrons. The molecule has 0 unspecified atom stereocenters. The van der Waals surface area contributed by atoms with Crippen molar-refractivity contribution in [3.63, 3.8) is 0 Å². The van der Waals surface area contributed by atoms with Gasteiger partial charge in [-0.2, -0.15) is 0 Å². The Morgan fingerprint density at radius 2 is 2.04 bits per heavy atom. The van der Waals surface area contributed by atoms with Crippen LogP contribution in [0.2, 0.25) is 5.02 Å². The van der Waals surface area contributed by atoms with E-state index in [0.717, 1.165) is 12.8 Å². The Morgan fingerprint density at radius 1 is 1.36 bits per heavy atom. The van der Waals surface area contributed by atoms with Crippen LogP contribution in [0.25, 0.3) is 0 Å². The molecule has 1 N–H and O–H groups in total. The minimum atomic E-state index is -3.47. The van der Waals surface area contributed by atoms with Crippen LogP contribution in [-0.4, -0.2) is 36.2 Å². The van der Waals surface area contributed by atoms with Crippen LogP contribution < -0.4 is 0 Å². The maximum Gasteiger partial charge on any atom is 0.358 e. The van der Waals surface area contributed by atoms with Crippen LogP contribution in [0.1, 0.15) is 57.9 Å². The molecule has 1 aliphatic carbocycles. The number of sulfone groups is 1. The summed E-state index contributed by atoms with van der Waals surface area (Å²) in [7, 11) is -3.47. The van der Waals surface area contributed by atoms with Gasteiger partial charge in [-0.1, -0.05) is 23.7 Å². The summed E-state index contributed by atoms with van der Waals surface area (Å²) in [6, 6.07) is 3.75. The smallest absolute Gasteiger partial charge is 0.358 e. The first-order valence-electron chi connectivity index (χ1n) is 7.56. The molecule has 3 rings (SSSR count). The van der Waals surface area contributed by atoms with Crippen LogP contribution in [0.5, 0.6) is 0 Å². The number of ketones is 1. The average Bonchev–Trinajstić information content (AvgIpc) is 3.31. The van der Waals surface area contributed by atoms with Gasteiger partial charge < -0.3 is 9.63 Å². The highest BCUT2D eigenvalue weighted by molar-refractivity contribution is 7.91. The van der Waals surface area contributed by atoms with Crippen molar-refractivity contribution in [2.24, 2.45) is 0 Å². The van der Waals surface area contributed by atoms with E-state index in [1.165, 1.54) is 25.1 Å². The zero-order chi connectivity index (χ0) is 18.4. The Kier molecular flexibility index (Phi) is 4.42. The Labute approximate surface area is 148 Å². The molecular formula is C16H14ClNO6S. The van der Waals surface area contributed by atoms with Gasteiger partial charge in [-0.15, -0.1) is 0 Å². The summed E-state index contributed by atoms with van der Waals surface area (Å²) in [5, 5.41) is 12.7. The minimum absolute atomic E-state index is 0.00254. The normalized spacial score (nSPS) is 14.5. The third kappa shape index (κ3) is 3.19. The molecule has 2 aromatic rings. The van der Waals surface area contributed by atoms with Gasteiger partial charge in [-0.05, 0) is 31.0 Å². The fourth-order valence-corrected chi connectivity index (χ4v) is 3.70. The number of hydrogen-bond acceptors (Lipinski definition) is 6. The van der Waals surface area contributed by atoms with E-state index < -0.39 is 27.3 Å². The number of rotatable bonds is 6. The summed E-state index contributed by atoms with van der Waals surface area (Å²) in [4.78, 5) is 24.2. The van der Waals surface area contributed by atoms with Crippen LogP contribution in [-0.2, 0) is 9.84 Å². The summed E-state index contributed by atoms with van der Waals surface area (Å²) < 4.78 is 28.9. The molecule has 1 saturated carbocycles. The molecule has 1 aliphatic rings. The molecule has 25 heavy (non-hydrogen) atoms. The number of aromatic nitrogens is 1. The average molecular weight is 384 g/mol. The second-order valence-electron chi connectivity index (χ2n) is 5.72. The van der Waals surface area contributed by atoms with Crippen LogP contribution in [0, 0.1) is 0 Å². The van der Waals surface area contributed by atoms with Crippen molar-refractivity contribution in [3.05, 3.63) is 45.8 Å². The van der Waals surface area contributed by atoms with Crippen molar-refractivity contribution in [3.8, 4) is 0 Å². The molecule has 1 heterocycles. The maximum absolute atomic E-state index is 12.8. The van der Waals surface area contributed by atoms with Crippen molar-refractivity contribution in [2.45, 2.75) is 30.6 Å². The second-order valence-corrected chi connectivity index (χ2v) is 8.41. The van der Waals surface area contributed by atoms with E-state index in [4.69, 9.17) is 16.1 Å². The van der Waals surface area contributed by atoms with E-state index in [1.807, 2.05) is 0 Å². The first kappa shape index (κ1) is 17.6. The summed E-state index contributed by atoms with van der Waals surface area (Å²) in [6.45, 7) is 1.50. The number of aromatic carboxylic acids is 1. The van der Waals surface area contributed by atoms with Gasteiger partial charge in [-0.3, -0.25) is 4.79 Å². The van der Waals surface area contributed by atoms with E-state index >= 15 is 0 Å². The lowest BCUT2D eigenvalue weighted by molar-refractivity contribution is 0.0682. The van der Waals surface area contributed by atoms with Crippen LogP contribution in [0.15, 0.2) is 27.6 Å². The Morgan fingerprint density at radius 3 is 2.56 bits per heavy atom. The Hall–Kier alpha value is -2.19. The van der Waals surface area contributed by atoms with Gasteiger partial charge in [0.1, 0.15) is 5.56 Å². The summed E-state index contributed by atoms with van der Waals surface area (Å²) in [5.41, 5.74) is -0.583. The van der Waals surface area contributed by atoms with Gasteiger partial charge in [0.25, 0.3) is 0 Å². The van der Waals surface area contributed by atoms with Crippen molar-refractivity contribution in [2.75, 3.05) is 5.75 Å². The van der Waals surface area contributed by atoms with E-state index in [-0.39, 0.29) is 38.5 Å². The van der Waals surface area contributed by atoms with E-state index in [2.05, 4.69) is 5.16 Å². The fraction of sp³-hybridized carbons (Fsp3) is 0.312. The summed E-state index contributed by atoms with van der Waals surface area (Å²) >= 11 is 6.10. The molecule has 132 valence electrons. The standard InChI is InChI=1S/C16H14ClNO6S/c1-2-25(22,23)9-5-6-10(11(17)7-9)14(19)12-13(16(20)21)18-24-15(12)8-3-4-8/h5-8H,2-4H2,1H3,(H,20,21). The summed E-state index contributed by atoms with van der Waals surface area (Å²) in [5.74, 6) is -1.91. The van der Waals surface area contributed by atoms with Gasteiger partial charge in [0, 0.05) is 11.5 Å². The van der Waals surface area contributed by atoms with Gasteiger partial charge in [0.2, 0.25) is 11.5 Å². The third-order valence-electron chi connectivity index (χ3n) is 4.02. The predicted octanol–water partition coefficient (Wildman–Crippen LogP) is 2.93. The number of hydrogen-bond donors (Lipinski definition) is 1. The van der Waals surface area contributed by atoms with Gasteiger partial charge >= 0.3 is 5.97 Å². The minimum Gasteiger partial charge on any atom is -0.476 e. The van der Waals surface area contributed by atoms with E-state index in [0.29, 0.717) is 0 Å². The summed E-state index contributed by atoms with van der Waals surface area (Å²) in [6.07, 6.45) is 1.58. The number of benzene rings is 1. The monoisotopic (exact) mass is 383 g/mol. The molecule has 7 nitrogen and oxygen atoms in total. The number of halogens is 1. The topological polar surface area (TPSA) is 115 Å². The highest BCUT2D eigenvalue weighted by atomic mass is 35.5. The lowest BCUT2D eigenvalue weighted by Gasteiger charge is -2.07. The number of carbonyl (C=O) groups excluding carboxylic acids is 1. The highest BCUT2D eigenvalue weighted by Gasteiger charge is 2.37. The van der Waals surface area contributed by atoms with Crippen LogP contribution >= 0.6 is 11.6 Å². The molecule has 0 aliphatic heterocycles. The van der Waals surface area contributed by atoms with E-state index in [9.17, 15) is 23.1 Å². The molecule has 0 atom stereocenters. The number of carboxylic acid groups (broad SMARTS) is 1. The highest BCUT2D eigenvalue weighted by Crippen LogP contribution is 2.43. The lowest BCUT2D eigenvalue weighted by atomic mass is 9.99. The molecule has 1 aromatic heterocycles. The second kappa shape index (κ2) is 6.27. The van der Waals surface area contributed by atoms with Crippen molar-refractivity contribution >= 4 is 33.2 Å². The fourth-order valence-electron chi connectivity index (χ4n) is 2.47. The molecule has 0 saturated heterocycles. The number of nitrogens with zero attached hydrogens (tertiary/aromatic N) is 1. The van der Waals surface area contributed by atoms with Gasteiger partial charge in [0.05, 0.1) is 15.7 Å². The van der Waals surface area contributed by atoms with Crippen molar-refractivity contribution in [1.82, 2.24) is 5.16 Å². The molecule has 0 amide bonds. The number of carboxylic acids is 1.